The van der Waals surface area contributed by atoms with Gasteiger partial charge in [-0.1, -0.05) is 165 Å². The molecule has 0 amide bonds. The summed E-state index contributed by atoms with van der Waals surface area (Å²) in [6.45, 7) is 2.17. The van der Waals surface area contributed by atoms with Gasteiger partial charge < -0.3 is 0 Å². The van der Waals surface area contributed by atoms with Gasteiger partial charge in [-0.15, -0.1) is 0 Å². The van der Waals surface area contributed by atoms with Crippen molar-refractivity contribution in [3.05, 3.63) is 194 Å². The Balaban J connectivity index is 1.26. The molecule has 0 N–H and O–H groups in total. The van der Waals surface area contributed by atoms with Crippen molar-refractivity contribution in [3.8, 4) is 50.2 Å². The second kappa shape index (κ2) is 12.8. The smallest absolute Gasteiger partial charge is 0.114 e. The van der Waals surface area contributed by atoms with Crippen LogP contribution < -0.4 is 0 Å². The molecule has 0 saturated carbocycles. The number of fused-ring (bicyclic) bond motifs is 4. The number of para-hydroxylation sites is 2. The number of aryl methyl sites for hydroxylation is 1. The number of hydrogen-bond donors (Lipinski definition) is 0. The molecule has 0 atom stereocenters. The van der Waals surface area contributed by atoms with E-state index in [4.69, 9.17) is 4.98 Å². The summed E-state index contributed by atoms with van der Waals surface area (Å²) in [6, 6.07) is 68.5. The van der Waals surface area contributed by atoms with Crippen molar-refractivity contribution in [2.24, 2.45) is 0 Å². The van der Waals surface area contributed by atoms with E-state index in [2.05, 4.69) is 200 Å². The largest absolute Gasteiger partial charge is 0.296 e. The van der Waals surface area contributed by atoms with E-state index < -0.39 is 0 Å². The van der Waals surface area contributed by atoms with Crippen LogP contribution in [0.4, 0.5) is 0 Å². The zero-order chi connectivity index (χ0) is 35.3. The summed E-state index contributed by atoms with van der Waals surface area (Å²) in [5, 5.41) is 7.48. The van der Waals surface area contributed by atoms with Gasteiger partial charge in [0.1, 0.15) is 5.82 Å². The first-order valence-corrected chi connectivity index (χ1v) is 18.5. The zero-order valence-electron chi connectivity index (χ0n) is 29.5. The molecule has 2 nitrogen and oxygen atoms in total. The maximum Gasteiger partial charge on any atom is 0.114 e. The summed E-state index contributed by atoms with van der Waals surface area (Å²) < 4.78 is 2.30. The van der Waals surface area contributed by atoms with Crippen molar-refractivity contribution in [1.29, 1.82) is 0 Å². The number of aromatic nitrogens is 2. The molecule has 250 valence electrons. The molecule has 1 heterocycles. The fourth-order valence-electron chi connectivity index (χ4n) is 8.37. The summed E-state index contributed by atoms with van der Waals surface area (Å²) in [5.41, 5.74) is 13.1. The van der Waals surface area contributed by atoms with Crippen molar-refractivity contribution < 1.29 is 0 Å². The molecule has 1 aromatic heterocycles. The van der Waals surface area contributed by atoms with Crippen LogP contribution in [0.2, 0.25) is 0 Å². The van der Waals surface area contributed by atoms with Gasteiger partial charge in [-0.2, -0.15) is 0 Å². The highest BCUT2D eigenvalue weighted by atomic mass is 15.1. The first-order valence-electron chi connectivity index (χ1n) is 18.5. The molecule has 0 aliphatic rings. The standard InChI is InChI=1S/C51H36N2/c1-2-49-52-47-25-12-13-26-48(47)53(49)38-30-27-36(28-31-38)50-43-22-10-11-23-44(43)51(42-24-14-18-35-17-6-7-20-40(35)42)46-33-37(29-32-45(46)50)41-21-9-8-19-39(41)34-15-4-3-5-16-34/h3-33H,2H2,1H3. The van der Waals surface area contributed by atoms with E-state index in [0.29, 0.717) is 0 Å². The Bertz CT molecular complexity index is 2960. The Labute approximate surface area is 309 Å². The minimum absolute atomic E-state index is 0.858. The number of rotatable bonds is 6. The molecular weight excluding hydrogens is 641 g/mol. The van der Waals surface area contributed by atoms with Crippen LogP contribution in [0.3, 0.4) is 0 Å². The van der Waals surface area contributed by atoms with Gasteiger partial charge in [0.15, 0.2) is 0 Å². The summed E-state index contributed by atoms with van der Waals surface area (Å²) in [5.74, 6) is 1.07. The van der Waals surface area contributed by atoms with E-state index in [0.717, 1.165) is 29.0 Å². The Hall–Kier alpha value is -6.77. The molecular formula is C51H36N2. The first-order chi connectivity index (χ1) is 26.3. The highest BCUT2D eigenvalue weighted by molar-refractivity contribution is 6.24. The maximum atomic E-state index is 4.95. The molecule has 9 aromatic carbocycles. The predicted octanol–water partition coefficient (Wildman–Crippen LogP) is 13.7. The van der Waals surface area contributed by atoms with Crippen molar-refractivity contribution in [2.75, 3.05) is 0 Å². The van der Waals surface area contributed by atoms with E-state index in [-0.39, 0.29) is 0 Å². The molecule has 10 aromatic rings. The van der Waals surface area contributed by atoms with Crippen molar-refractivity contribution in [1.82, 2.24) is 9.55 Å². The molecule has 53 heavy (non-hydrogen) atoms. The quantitative estimate of drug-likeness (QED) is 0.160. The van der Waals surface area contributed by atoms with Crippen LogP contribution in [-0.2, 0) is 6.42 Å². The van der Waals surface area contributed by atoms with E-state index in [1.165, 1.54) is 76.8 Å². The Morgan fingerprint density at radius 3 is 1.79 bits per heavy atom. The lowest BCUT2D eigenvalue weighted by molar-refractivity contribution is 0.908. The first kappa shape index (κ1) is 31.0. The molecule has 0 aliphatic heterocycles. The van der Waals surface area contributed by atoms with Gasteiger partial charge in [-0.25, -0.2) is 4.98 Å². The van der Waals surface area contributed by atoms with Crippen LogP contribution in [0.15, 0.2) is 188 Å². The Morgan fingerprint density at radius 1 is 0.415 bits per heavy atom. The highest BCUT2D eigenvalue weighted by Crippen LogP contribution is 2.47. The third-order valence-electron chi connectivity index (χ3n) is 10.8. The molecule has 0 fully saturated rings. The van der Waals surface area contributed by atoms with Crippen LogP contribution in [-0.4, -0.2) is 9.55 Å². The average Bonchev–Trinajstić information content (AvgIpc) is 3.62. The van der Waals surface area contributed by atoms with Crippen LogP contribution in [0.1, 0.15) is 12.7 Å². The van der Waals surface area contributed by atoms with Gasteiger partial charge in [-0.05, 0) is 107 Å². The third kappa shape index (κ3) is 5.14. The molecule has 0 saturated heterocycles. The van der Waals surface area contributed by atoms with Gasteiger partial charge >= 0.3 is 0 Å². The van der Waals surface area contributed by atoms with Gasteiger partial charge in [0, 0.05) is 12.1 Å². The number of benzene rings is 9. The lowest BCUT2D eigenvalue weighted by atomic mass is 9.83. The van der Waals surface area contributed by atoms with Crippen molar-refractivity contribution in [2.45, 2.75) is 13.3 Å². The maximum absolute atomic E-state index is 4.95. The van der Waals surface area contributed by atoms with Gasteiger partial charge in [0.2, 0.25) is 0 Å². The van der Waals surface area contributed by atoms with Crippen LogP contribution in [0.25, 0.3) is 93.5 Å². The number of imidazole rings is 1. The summed E-state index contributed by atoms with van der Waals surface area (Å²) in [6.07, 6.45) is 0.858. The fraction of sp³-hybridized carbons (Fsp3) is 0.0392. The molecule has 0 unspecified atom stereocenters. The second-order valence-electron chi connectivity index (χ2n) is 13.7. The van der Waals surface area contributed by atoms with Crippen LogP contribution in [0, 0.1) is 0 Å². The minimum atomic E-state index is 0.858. The summed E-state index contributed by atoms with van der Waals surface area (Å²) in [7, 11) is 0. The van der Waals surface area contributed by atoms with Gasteiger partial charge in [0.25, 0.3) is 0 Å². The van der Waals surface area contributed by atoms with Gasteiger partial charge in [0.05, 0.1) is 11.0 Å². The van der Waals surface area contributed by atoms with E-state index in [1.807, 2.05) is 0 Å². The highest BCUT2D eigenvalue weighted by Gasteiger charge is 2.20. The molecule has 2 heteroatoms. The lowest BCUT2D eigenvalue weighted by Crippen LogP contribution is -2.00. The Morgan fingerprint density at radius 2 is 1.00 bits per heavy atom. The monoisotopic (exact) mass is 676 g/mol. The predicted molar refractivity (Wildman–Crippen MR) is 225 cm³/mol. The molecule has 0 radical (unpaired) electrons. The van der Waals surface area contributed by atoms with E-state index >= 15 is 0 Å². The average molecular weight is 677 g/mol. The molecule has 10 rings (SSSR count). The van der Waals surface area contributed by atoms with E-state index in [1.54, 1.807) is 0 Å². The number of hydrogen-bond acceptors (Lipinski definition) is 1. The molecule has 0 aliphatic carbocycles. The Kier molecular flexibility index (Phi) is 7.47. The minimum Gasteiger partial charge on any atom is -0.296 e. The lowest BCUT2D eigenvalue weighted by Gasteiger charge is -2.20. The van der Waals surface area contributed by atoms with E-state index in [9.17, 15) is 0 Å². The second-order valence-corrected chi connectivity index (χ2v) is 13.7. The fourth-order valence-corrected chi connectivity index (χ4v) is 8.37. The third-order valence-corrected chi connectivity index (χ3v) is 10.8. The summed E-state index contributed by atoms with van der Waals surface area (Å²) in [4.78, 5) is 4.95. The van der Waals surface area contributed by atoms with Gasteiger partial charge in [-0.3, -0.25) is 4.57 Å². The SMILES string of the molecule is CCc1nc2ccccc2n1-c1ccc(-c2c3ccccc3c(-c3cccc4ccccc34)c3cc(-c4ccccc4-c4ccccc4)ccc23)cc1. The molecule has 0 bridgehead atoms. The van der Waals surface area contributed by atoms with Crippen LogP contribution >= 0.6 is 0 Å². The van der Waals surface area contributed by atoms with Crippen molar-refractivity contribution >= 4 is 43.4 Å². The number of nitrogens with zero attached hydrogens (tertiary/aromatic N) is 2. The normalized spacial score (nSPS) is 11.6. The van der Waals surface area contributed by atoms with Crippen LogP contribution in [0.5, 0.6) is 0 Å². The summed E-state index contributed by atoms with van der Waals surface area (Å²) >= 11 is 0. The topological polar surface area (TPSA) is 17.8 Å². The van der Waals surface area contributed by atoms with Crippen molar-refractivity contribution in [3.63, 3.8) is 0 Å². The molecule has 0 spiro atoms. The zero-order valence-corrected chi connectivity index (χ0v) is 29.5.